The van der Waals surface area contributed by atoms with E-state index in [1.807, 2.05) is 4.68 Å². The normalized spacial score (nSPS) is 21.5. The van der Waals surface area contributed by atoms with Crippen molar-refractivity contribution in [3.8, 4) is 0 Å². The summed E-state index contributed by atoms with van der Waals surface area (Å²) in [4.78, 5) is 15.4. The number of hydrogen-bond donors (Lipinski definition) is 1. The molecule has 0 aromatic carbocycles. The first-order valence-corrected chi connectivity index (χ1v) is 8.09. The smallest absolute Gasteiger partial charge is 0.138 e. The van der Waals surface area contributed by atoms with Crippen LogP contribution in [0, 0.1) is 0 Å². The van der Waals surface area contributed by atoms with Gasteiger partial charge in [0, 0.05) is 31.6 Å². The molecule has 2 aromatic rings. The van der Waals surface area contributed by atoms with Gasteiger partial charge in [-0.3, -0.25) is 0 Å². The third-order valence-corrected chi connectivity index (χ3v) is 4.49. The van der Waals surface area contributed by atoms with Crippen molar-refractivity contribution < 1.29 is 0 Å². The van der Waals surface area contributed by atoms with Crippen LogP contribution >= 0.6 is 0 Å². The number of fused-ring (bicyclic) bond motifs is 1. The molecule has 0 saturated carbocycles. The van der Waals surface area contributed by atoms with Gasteiger partial charge in [0.1, 0.15) is 30.1 Å². The largest absolute Gasteiger partial charge is 0.365 e. The Labute approximate surface area is 129 Å². The van der Waals surface area contributed by atoms with Crippen LogP contribution < -0.4 is 10.2 Å². The molecule has 22 heavy (non-hydrogen) atoms. The second-order valence-electron chi connectivity index (χ2n) is 6.05. The van der Waals surface area contributed by atoms with E-state index in [0.717, 1.165) is 49.9 Å². The summed E-state index contributed by atoms with van der Waals surface area (Å²) in [6.45, 7) is 3.04. The lowest BCUT2D eigenvalue weighted by atomic mass is 10.1. The maximum Gasteiger partial charge on any atom is 0.138 e. The summed E-state index contributed by atoms with van der Waals surface area (Å²) in [5.74, 6) is 3.02. The van der Waals surface area contributed by atoms with Gasteiger partial charge >= 0.3 is 0 Å². The Kier molecular flexibility index (Phi) is 3.62. The van der Waals surface area contributed by atoms with E-state index < -0.39 is 0 Å². The molecule has 7 nitrogen and oxygen atoms in total. The summed E-state index contributed by atoms with van der Waals surface area (Å²) in [7, 11) is 0. The molecule has 4 rings (SSSR count). The summed E-state index contributed by atoms with van der Waals surface area (Å²) in [5.41, 5.74) is 0. The van der Waals surface area contributed by atoms with Crippen LogP contribution in [0.3, 0.4) is 0 Å². The van der Waals surface area contributed by atoms with Crippen molar-refractivity contribution in [3.63, 3.8) is 0 Å². The fraction of sp³-hybridized carbons (Fsp3) is 0.600. The first-order chi connectivity index (χ1) is 10.9. The summed E-state index contributed by atoms with van der Waals surface area (Å²) in [5, 5.41) is 7.79. The first-order valence-electron chi connectivity index (χ1n) is 8.09. The van der Waals surface area contributed by atoms with E-state index in [1.54, 1.807) is 12.7 Å². The van der Waals surface area contributed by atoms with Crippen LogP contribution in [0.15, 0.2) is 18.7 Å². The minimum Gasteiger partial charge on any atom is -0.365 e. The van der Waals surface area contributed by atoms with E-state index in [4.69, 9.17) is 0 Å². The van der Waals surface area contributed by atoms with Gasteiger partial charge in [0.2, 0.25) is 0 Å². The second-order valence-corrected chi connectivity index (χ2v) is 6.05. The molecular weight excluding hydrogens is 278 g/mol. The summed E-state index contributed by atoms with van der Waals surface area (Å²) >= 11 is 0. The van der Waals surface area contributed by atoms with Crippen LogP contribution in [0.1, 0.15) is 31.5 Å². The zero-order valence-electron chi connectivity index (χ0n) is 12.6. The predicted octanol–water partition coefficient (Wildman–Crippen LogP) is 1.49. The van der Waals surface area contributed by atoms with E-state index >= 15 is 0 Å². The van der Waals surface area contributed by atoms with Gasteiger partial charge in [-0.2, -0.15) is 5.10 Å². The quantitative estimate of drug-likeness (QED) is 0.925. The molecule has 0 bridgehead atoms. The van der Waals surface area contributed by atoms with Gasteiger partial charge in [-0.25, -0.2) is 19.6 Å². The highest BCUT2D eigenvalue weighted by atomic mass is 15.3. The van der Waals surface area contributed by atoms with Gasteiger partial charge in [-0.05, 0) is 25.7 Å². The van der Waals surface area contributed by atoms with Crippen LogP contribution in [-0.2, 0) is 13.0 Å². The number of nitrogens with one attached hydrogen (secondary N) is 1. The Morgan fingerprint density at radius 2 is 1.95 bits per heavy atom. The molecule has 116 valence electrons. The number of aryl methyl sites for hydroxylation is 1. The maximum atomic E-state index is 4.43. The van der Waals surface area contributed by atoms with E-state index in [-0.39, 0.29) is 0 Å². The molecule has 7 heteroatoms. The second kappa shape index (κ2) is 5.90. The molecule has 2 aromatic heterocycles. The van der Waals surface area contributed by atoms with E-state index in [9.17, 15) is 0 Å². The average molecular weight is 299 g/mol. The third kappa shape index (κ3) is 2.75. The Balaban J connectivity index is 1.45. The SMILES string of the molecule is c1nc(NC2CCc3ncnn3C2)cc(N2CCCCC2)n1. The van der Waals surface area contributed by atoms with E-state index in [2.05, 4.69) is 36.3 Å². The Morgan fingerprint density at radius 1 is 1.05 bits per heavy atom. The highest BCUT2D eigenvalue weighted by Crippen LogP contribution is 2.21. The maximum absolute atomic E-state index is 4.43. The summed E-state index contributed by atoms with van der Waals surface area (Å²) in [6, 6.07) is 2.42. The monoisotopic (exact) mass is 299 g/mol. The lowest BCUT2D eigenvalue weighted by Crippen LogP contribution is -2.33. The number of hydrogen-bond acceptors (Lipinski definition) is 6. The van der Waals surface area contributed by atoms with Crippen molar-refractivity contribution in [2.24, 2.45) is 0 Å². The lowest BCUT2D eigenvalue weighted by Gasteiger charge is -2.28. The standard InChI is InChI=1S/C15H21N7/c1-2-6-21(7-3-1)15-8-13(16-10-17-15)20-12-4-5-14-18-11-19-22(14)9-12/h8,10-12H,1-7,9H2,(H,16,17,20). The third-order valence-electron chi connectivity index (χ3n) is 4.49. The van der Waals surface area contributed by atoms with Crippen LogP contribution in [0.5, 0.6) is 0 Å². The summed E-state index contributed by atoms with van der Waals surface area (Å²) in [6.07, 6.45) is 9.15. The number of aromatic nitrogens is 5. The molecule has 0 spiro atoms. The molecule has 1 fully saturated rings. The molecule has 2 aliphatic rings. The van der Waals surface area contributed by atoms with Crippen molar-refractivity contribution in [2.75, 3.05) is 23.3 Å². The average Bonchev–Trinajstić information content (AvgIpc) is 3.04. The molecule has 1 N–H and O–H groups in total. The van der Waals surface area contributed by atoms with Crippen LogP contribution in [-0.4, -0.2) is 43.9 Å². The molecule has 1 atom stereocenters. The van der Waals surface area contributed by atoms with Gasteiger partial charge in [0.15, 0.2) is 0 Å². The van der Waals surface area contributed by atoms with Gasteiger partial charge in [-0.15, -0.1) is 0 Å². The molecule has 2 aliphatic heterocycles. The van der Waals surface area contributed by atoms with Crippen molar-refractivity contribution >= 4 is 11.6 Å². The fourth-order valence-electron chi connectivity index (χ4n) is 3.29. The molecule has 1 unspecified atom stereocenters. The molecule has 1 saturated heterocycles. The zero-order chi connectivity index (χ0) is 14.8. The van der Waals surface area contributed by atoms with Gasteiger partial charge < -0.3 is 10.2 Å². The van der Waals surface area contributed by atoms with Gasteiger partial charge in [0.05, 0.1) is 6.54 Å². The van der Waals surface area contributed by atoms with Crippen molar-refractivity contribution in [2.45, 2.75) is 44.7 Å². The molecular formula is C15H21N7. The van der Waals surface area contributed by atoms with Gasteiger partial charge in [-0.1, -0.05) is 0 Å². The van der Waals surface area contributed by atoms with Crippen LogP contribution in [0.2, 0.25) is 0 Å². The number of nitrogens with zero attached hydrogens (tertiary/aromatic N) is 6. The highest BCUT2D eigenvalue weighted by Gasteiger charge is 2.20. The van der Waals surface area contributed by atoms with Crippen molar-refractivity contribution in [3.05, 3.63) is 24.5 Å². The molecule has 0 amide bonds. The van der Waals surface area contributed by atoms with E-state index in [1.165, 1.54) is 19.3 Å². The van der Waals surface area contributed by atoms with Crippen molar-refractivity contribution in [1.29, 1.82) is 0 Å². The number of rotatable bonds is 3. The fourth-order valence-corrected chi connectivity index (χ4v) is 3.29. The number of anilines is 2. The van der Waals surface area contributed by atoms with Crippen LogP contribution in [0.4, 0.5) is 11.6 Å². The topological polar surface area (TPSA) is 71.8 Å². The van der Waals surface area contributed by atoms with Gasteiger partial charge in [0.25, 0.3) is 0 Å². The first kappa shape index (κ1) is 13.5. The summed E-state index contributed by atoms with van der Waals surface area (Å²) < 4.78 is 1.98. The Morgan fingerprint density at radius 3 is 2.86 bits per heavy atom. The predicted molar refractivity (Wildman–Crippen MR) is 83.8 cm³/mol. The number of piperidine rings is 1. The van der Waals surface area contributed by atoms with Crippen molar-refractivity contribution in [1.82, 2.24) is 24.7 Å². The highest BCUT2D eigenvalue weighted by molar-refractivity contribution is 5.49. The minimum absolute atomic E-state index is 0.346. The van der Waals surface area contributed by atoms with E-state index in [0.29, 0.717) is 6.04 Å². The molecule has 4 heterocycles. The minimum atomic E-state index is 0.346. The zero-order valence-corrected chi connectivity index (χ0v) is 12.6. The molecule has 0 aliphatic carbocycles. The Bertz CT molecular complexity index is 632. The Hall–Kier alpha value is -2.18. The van der Waals surface area contributed by atoms with Crippen LogP contribution in [0.25, 0.3) is 0 Å². The lowest BCUT2D eigenvalue weighted by molar-refractivity contribution is 0.440. The molecule has 0 radical (unpaired) electrons.